The van der Waals surface area contributed by atoms with Crippen molar-refractivity contribution >= 4 is 41.2 Å². The maximum absolute atomic E-state index is 12.7. The second-order valence-corrected chi connectivity index (χ2v) is 7.72. The largest absolute Gasteiger partial charge is 0.497 e. The number of carbonyl (C=O) groups excluding carboxylic acids is 3. The molecule has 166 valence electrons. The Labute approximate surface area is 195 Å². The second-order valence-electron chi connectivity index (χ2n) is 7.29. The number of nitrogens with one attached hydrogen (secondary N) is 2. The molecule has 1 fully saturated rings. The van der Waals surface area contributed by atoms with E-state index in [0.29, 0.717) is 10.7 Å². The van der Waals surface area contributed by atoms with Crippen LogP contribution in [0.15, 0.2) is 78.5 Å². The van der Waals surface area contributed by atoms with Crippen LogP contribution >= 0.6 is 11.6 Å². The zero-order valence-corrected chi connectivity index (χ0v) is 18.4. The van der Waals surface area contributed by atoms with Gasteiger partial charge in [-0.2, -0.15) is 0 Å². The first-order valence-electron chi connectivity index (χ1n) is 10.1. The number of methoxy groups -OCH3 is 1. The van der Waals surface area contributed by atoms with Gasteiger partial charge < -0.3 is 15.4 Å². The van der Waals surface area contributed by atoms with Crippen LogP contribution in [0, 0.1) is 0 Å². The molecule has 1 saturated heterocycles. The highest BCUT2D eigenvalue weighted by Gasteiger charge is 2.34. The van der Waals surface area contributed by atoms with Crippen molar-refractivity contribution in [2.75, 3.05) is 19.0 Å². The Morgan fingerprint density at radius 3 is 2.45 bits per heavy atom. The van der Waals surface area contributed by atoms with Crippen LogP contribution in [-0.4, -0.2) is 36.4 Å². The van der Waals surface area contributed by atoms with Gasteiger partial charge in [0.1, 0.15) is 18.0 Å². The van der Waals surface area contributed by atoms with E-state index < -0.39 is 24.4 Å². The number of amides is 4. The summed E-state index contributed by atoms with van der Waals surface area (Å²) in [5, 5.41) is 5.69. The Kier molecular flexibility index (Phi) is 6.42. The van der Waals surface area contributed by atoms with Gasteiger partial charge in [0.15, 0.2) is 0 Å². The average molecular weight is 462 g/mol. The van der Waals surface area contributed by atoms with Gasteiger partial charge in [-0.1, -0.05) is 48.0 Å². The second kappa shape index (κ2) is 9.58. The molecule has 3 aromatic rings. The third-order valence-electron chi connectivity index (χ3n) is 5.02. The SMILES string of the molecule is COc1cccc(-c2ccc(/C=C3\NC(=O)N(CC(=O)Nc4ccc(Cl)cc4)C3=O)cc2)c1. The Morgan fingerprint density at radius 2 is 1.76 bits per heavy atom. The highest BCUT2D eigenvalue weighted by Crippen LogP contribution is 2.25. The molecule has 1 heterocycles. The number of urea groups is 1. The number of nitrogens with zero attached hydrogens (tertiary/aromatic N) is 1. The predicted octanol–water partition coefficient (Wildman–Crippen LogP) is 4.55. The van der Waals surface area contributed by atoms with Crippen LogP contribution in [0.25, 0.3) is 17.2 Å². The predicted molar refractivity (Wildman–Crippen MR) is 127 cm³/mol. The van der Waals surface area contributed by atoms with Crippen molar-refractivity contribution in [3.05, 3.63) is 89.1 Å². The van der Waals surface area contributed by atoms with E-state index in [0.717, 1.165) is 27.3 Å². The minimum atomic E-state index is -0.648. The molecule has 7 nitrogen and oxygen atoms in total. The van der Waals surface area contributed by atoms with Gasteiger partial charge >= 0.3 is 6.03 Å². The van der Waals surface area contributed by atoms with Crippen LogP contribution in [-0.2, 0) is 9.59 Å². The number of hydrogen-bond acceptors (Lipinski definition) is 4. The molecule has 1 aliphatic heterocycles. The lowest BCUT2D eigenvalue weighted by Gasteiger charge is -2.12. The monoisotopic (exact) mass is 461 g/mol. The van der Waals surface area contributed by atoms with Crippen molar-refractivity contribution < 1.29 is 19.1 Å². The maximum atomic E-state index is 12.7. The van der Waals surface area contributed by atoms with Crippen LogP contribution in [0.3, 0.4) is 0 Å². The van der Waals surface area contributed by atoms with E-state index in [4.69, 9.17) is 16.3 Å². The van der Waals surface area contributed by atoms with E-state index >= 15 is 0 Å². The Bertz CT molecular complexity index is 1240. The number of anilines is 1. The molecule has 33 heavy (non-hydrogen) atoms. The zero-order chi connectivity index (χ0) is 23.4. The molecule has 2 N–H and O–H groups in total. The molecular formula is C25H20ClN3O4. The summed E-state index contributed by atoms with van der Waals surface area (Å²) in [7, 11) is 1.62. The first-order chi connectivity index (χ1) is 15.9. The highest BCUT2D eigenvalue weighted by atomic mass is 35.5. The van der Waals surface area contributed by atoms with E-state index in [9.17, 15) is 14.4 Å². The quantitative estimate of drug-likeness (QED) is 0.416. The van der Waals surface area contributed by atoms with Crippen LogP contribution in [0.1, 0.15) is 5.56 Å². The first kappa shape index (κ1) is 22.1. The van der Waals surface area contributed by atoms with Gasteiger partial charge in [-0.15, -0.1) is 0 Å². The van der Waals surface area contributed by atoms with Gasteiger partial charge in [0, 0.05) is 10.7 Å². The summed E-state index contributed by atoms with van der Waals surface area (Å²) in [5.74, 6) is -0.300. The van der Waals surface area contributed by atoms with Gasteiger partial charge in [0.05, 0.1) is 7.11 Å². The number of halogens is 1. The average Bonchev–Trinajstić information content (AvgIpc) is 3.08. The van der Waals surface area contributed by atoms with Crippen molar-refractivity contribution in [3.63, 3.8) is 0 Å². The Balaban J connectivity index is 1.43. The van der Waals surface area contributed by atoms with E-state index in [2.05, 4.69) is 10.6 Å². The topological polar surface area (TPSA) is 87.7 Å². The fourth-order valence-corrected chi connectivity index (χ4v) is 3.46. The lowest BCUT2D eigenvalue weighted by atomic mass is 10.0. The van der Waals surface area contributed by atoms with Crippen molar-refractivity contribution in [2.45, 2.75) is 0 Å². The summed E-state index contributed by atoms with van der Waals surface area (Å²) in [6, 6.07) is 21.1. The van der Waals surface area contributed by atoms with Gasteiger partial charge in [0.25, 0.3) is 5.91 Å². The Hall–Kier alpha value is -4.10. The molecule has 3 aromatic carbocycles. The van der Waals surface area contributed by atoms with Crippen LogP contribution in [0.4, 0.5) is 10.5 Å². The molecule has 4 rings (SSSR count). The third kappa shape index (κ3) is 5.22. The first-order valence-corrected chi connectivity index (χ1v) is 10.5. The molecule has 0 bridgehead atoms. The van der Waals surface area contributed by atoms with E-state index in [1.54, 1.807) is 37.5 Å². The van der Waals surface area contributed by atoms with Crippen molar-refractivity contribution in [3.8, 4) is 16.9 Å². The molecule has 8 heteroatoms. The zero-order valence-electron chi connectivity index (χ0n) is 17.7. The van der Waals surface area contributed by atoms with Crippen molar-refractivity contribution in [1.29, 1.82) is 0 Å². The summed E-state index contributed by atoms with van der Waals surface area (Å²) in [4.78, 5) is 38.1. The molecule has 0 aromatic heterocycles. The van der Waals surface area contributed by atoms with Gasteiger partial charge in [0.2, 0.25) is 5.91 Å². The summed E-state index contributed by atoms with van der Waals surface area (Å²) in [5.41, 5.74) is 3.34. The normalized spacial score (nSPS) is 14.4. The highest BCUT2D eigenvalue weighted by molar-refractivity contribution is 6.30. The molecule has 0 spiro atoms. The Morgan fingerprint density at radius 1 is 1.03 bits per heavy atom. The summed E-state index contributed by atoms with van der Waals surface area (Å²) in [6.45, 7) is -0.403. The molecule has 0 saturated carbocycles. The standard InChI is InChI=1S/C25H20ClN3O4/c1-33-21-4-2-3-18(14-21)17-7-5-16(6-8-17)13-22-24(31)29(25(32)28-22)15-23(30)27-20-11-9-19(26)10-12-20/h2-14H,15H2,1H3,(H,27,30)(H,28,32)/b22-13-. The van der Waals surface area contributed by atoms with Gasteiger partial charge in [-0.3, -0.25) is 9.59 Å². The molecule has 4 amide bonds. The van der Waals surface area contributed by atoms with Crippen LogP contribution in [0.2, 0.25) is 5.02 Å². The molecule has 0 atom stereocenters. The van der Waals surface area contributed by atoms with Gasteiger partial charge in [-0.05, 0) is 59.2 Å². The molecule has 0 unspecified atom stereocenters. The number of hydrogen-bond donors (Lipinski definition) is 2. The van der Waals surface area contributed by atoms with E-state index in [-0.39, 0.29) is 5.70 Å². The lowest BCUT2D eigenvalue weighted by Crippen LogP contribution is -2.38. The summed E-state index contributed by atoms with van der Waals surface area (Å²) >= 11 is 5.83. The fraction of sp³-hybridized carbons (Fsp3) is 0.0800. The van der Waals surface area contributed by atoms with Crippen molar-refractivity contribution in [1.82, 2.24) is 10.2 Å². The number of imide groups is 1. The summed E-state index contributed by atoms with van der Waals surface area (Å²) in [6.07, 6.45) is 1.58. The van der Waals surface area contributed by atoms with Crippen molar-refractivity contribution in [2.24, 2.45) is 0 Å². The number of ether oxygens (including phenoxy) is 1. The molecule has 0 aliphatic carbocycles. The fourth-order valence-electron chi connectivity index (χ4n) is 3.33. The van der Waals surface area contributed by atoms with E-state index in [1.165, 1.54) is 0 Å². The van der Waals surface area contributed by atoms with Gasteiger partial charge in [-0.25, -0.2) is 9.69 Å². The number of benzene rings is 3. The van der Waals surface area contributed by atoms with Crippen LogP contribution < -0.4 is 15.4 Å². The minimum Gasteiger partial charge on any atom is -0.497 e. The lowest BCUT2D eigenvalue weighted by molar-refractivity contribution is -0.127. The van der Waals surface area contributed by atoms with Crippen LogP contribution in [0.5, 0.6) is 5.75 Å². The molecule has 1 aliphatic rings. The number of carbonyl (C=O) groups is 3. The third-order valence-corrected chi connectivity index (χ3v) is 5.27. The smallest absolute Gasteiger partial charge is 0.329 e. The van der Waals surface area contributed by atoms with E-state index in [1.807, 2.05) is 48.5 Å². The molecular weight excluding hydrogens is 442 g/mol. The maximum Gasteiger partial charge on any atom is 0.329 e. The molecule has 0 radical (unpaired) electrons. The minimum absolute atomic E-state index is 0.105. The summed E-state index contributed by atoms with van der Waals surface area (Å²) < 4.78 is 5.26. The number of rotatable bonds is 6.